The molecule has 2 heterocycles. The van der Waals surface area contributed by atoms with E-state index in [0.717, 1.165) is 55.2 Å². The van der Waals surface area contributed by atoms with Gasteiger partial charge in [-0.3, -0.25) is 9.78 Å². The Labute approximate surface area is 211 Å². The van der Waals surface area contributed by atoms with Gasteiger partial charge in [0, 0.05) is 18.1 Å². The summed E-state index contributed by atoms with van der Waals surface area (Å²) < 4.78 is 34.9. The number of benzene rings is 2. The van der Waals surface area contributed by atoms with E-state index in [4.69, 9.17) is 4.74 Å². The lowest BCUT2D eigenvalue weighted by molar-refractivity contribution is -0.143. The van der Waals surface area contributed by atoms with Crippen LogP contribution in [0.25, 0.3) is 10.9 Å². The van der Waals surface area contributed by atoms with Crippen LogP contribution in [0.2, 0.25) is 0 Å². The number of pyridine rings is 1. The molecule has 1 aliphatic rings. The predicted octanol–water partition coefficient (Wildman–Crippen LogP) is 6.53. The molecule has 192 valence electrons. The Balaban J connectivity index is 1.43. The van der Waals surface area contributed by atoms with E-state index in [1.807, 2.05) is 24.3 Å². The number of carboxylic acids is 1. The van der Waals surface area contributed by atoms with Gasteiger partial charge in [0.05, 0.1) is 18.5 Å². The molecule has 7 heteroatoms. The third-order valence-electron chi connectivity index (χ3n) is 7.29. The Morgan fingerprint density at radius 2 is 2.06 bits per heavy atom. The number of aromatic nitrogens is 1. The second-order valence-electron chi connectivity index (χ2n) is 9.70. The molecule has 36 heavy (non-hydrogen) atoms. The van der Waals surface area contributed by atoms with Gasteiger partial charge in [0.25, 0.3) is 0 Å². The van der Waals surface area contributed by atoms with Gasteiger partial charge in [0.1, 0.15) is 17.7 Å². The van der Waals surface area contributed by atoms with Crippen molar-refractivity contribution in [1.29, 1.82) is 0 Å². The van der Waals surface area contributed by atoms with E-state index >= 15 is 4.39 Å². The van der Waals surface area contributed by atoms with Gasteiger partial charge in [-0.25, -0.2) is 8.78 Å². The number of halogens is 2. The number of ether oxygens (including phenoxy) is 1. The number of hydrogen-bond donors (Lipinski definition) is 1. The van der Waals surface area contributed by atoms with Crippen LogP contribution in [-0.2, 0) is 4.79 Å². The maximum absolute atomic E-state index is 15.6. The number of likely N-dealkylation sites (tertiary alicyclic amines) is 1. The third kappa shape index (κ3) is 6.58. The molecule has 1 aromatic heterocycles. The lowest BCUT2D eigenvalue weighted by Crippen LogP contribution is -2.39. The Morgan fingerprint density at radius 3 is 2.83 bits per heavy atom. The fourth-order valence-electron chi connectivity index (χ4n) is 5.31. The molecule has 1 aliphatic heterocycles. The van der Waals surface area contributed by atoms with Crippen molar-refractivity contribution < 1.29 is 23.4 Å². The molecular formula is C29H34F2N2O3. The summed E-state index contributed by atoms with van der Waals surface area (Å²) in [5.74, 6) is -0.653. The maximum atomic E-state index is 15.6. The zero-order chi connectivity index (χ0) is 25.5. The summed E-state index contributed by atoms with van der Waals surface area (Å²) >= 11 is 0. The van der Waals surface area contributed by atoms with Crippen LogP contribution in [0.4, 0.5) is 8.78 Å². The summed E-state index contributed by atoms with van der Waals surface area (Å²) in [5, 5.41) is 10.1. The first-order valence-corrected chi connectivity index (χ1v) is 12.7. The number of carboxylic acid groups (broad SMARTS) is 1. The number of methoxy groups -OCH3 is 1. The average molecular weight is 497 g/mol. The van der Waals surface area contributed by atoms with Crippen LogP contribution in [-0.4, -0.2) is 47.7 Å². The molecule has 0 spiro atoms. The van der Waals surface area contributed by atoms with Gasteiger partial charge in [-0.2, -0.15) is 0 Å². The fourth-order valence-corrected chi connectivity index (χ4v) is 5.31. The zero-order valence-corrected chi connectivity index (χ0v) is 20.7. The molecule has 1 N–H and O–H groups in total. The van der Waals surface area contributed by atoms with E-state index in [1.54, 1.807) is 31.5 Å². The van der Waals surface area contributed by atoms with Crippen molar-refractivity contribution in [3.8, 4) is 5.75 Å². The average Bonchev–Trinajstić information content (AvgIpc) is 2.89. The van der Waals surface area contributed by atoms with Crippen molar-refractivity contribution >= 4 is 16.9 Å². The summed E-state index contributed by atoms with van der Waals surface area (Å²) in [6, 6.07) is 13.8. The summed E-state index contributed by atoms with van der Waals surface area (Å²) in [5.41, 5.74) is 2.19. The monoisotopic (exact) mass is 496 g/mol. The van der Waals surface area contributed by atoms with Gasteiger partial charge in [-0.15, -0.1) is 0 Å². The maximum Gasteiger partial charge on any atom is 0.307 e. The summed E-state index contributed by atoms with van der Waals surface area (Å²) in [6.07, 6.45) is 4.58. The fraction of sp³-hybridized carbons (Fsp3) is 0.448. The molecule has 4 rings (SSSR count). The first kappa shape index (κ1) is 26.0. The highest BCUT2D eigenvalue weighted by Gasteiger charge is 2.25. The van der Waals surface area contributed by atoms with Crippen molar-refractivity contribution in [2.24, 2.45) is 5.92 Å². The molecule has 5 nitrogen and oxygen atoms in total. The number of aliphatic carboxylic acids is 1. The van der Waals surface area contributed by atoms with Gasteiger partial charge in [-0.05, 0) is 105 Å². The number of hydrogen-bond acceptors (Lipinski definition) is 4. The number of nitrogens with zero attached hydrogens (tertiary/aromatic N) is 2. The second-order valence-corrected chi connectivity index (χ2v) is 9.70. The first-order chi connectivity index (χ1) is 17.4. The first-order valence-electron chi connectivity index (χ1n) is 12.7. The molecule has 1 fully saturated rings. The summed E-state index contributed by atoms with van der Waals surface area (Å²) in [6.45, 7) is 2.27. The smallest absolute Gasteiger partial charge is 0.307 e. The minimum atomic E-state index is -1.18. The van der Waals surface area contributed by atoms with E-state index < -0.39 is 12.1 Å². The molecule has 0 amide bonds. The largest absolute Gasteiger partial charge is 0.497 e. The molecule has 3 aromatic rings. The van der Waals surface area contributed by atoms with E-state index in [1.165, 1.54) is 6.07 Å². The second kappa shape index (κ2) is 12.3. The highest BCUT2D eigenvalue weighted by molar-refractivity contribution is 5.83. The Bertz CT molecular complexity index is 1170. The van der Waals surface area contributed by atoms with Crippen molar-refractivity contribution in [3.05, 3.63) is 71.7 Å². The van der Waals surface area contributed by atoms with Crippen molar-refractivity contribution in [3.63, 3.8) is 0 Å². The van der Waals surface area contributed by atoms with Gasteiger partial charge in [0.2, 0.25) is 0 Å². The Morgan fingerprint density at radius 1 is 1.19 bits per heavy atom. The van der Waals surface area contributed by atoms with Gasteiger partial charge in [0.15, 0.2) is 0 Å². The summed E-state index contributed by atoms with van der Waals surface area (Å²) in [4.78, 5) is 17.9. The van der Waals surface area contributed by atoms with E-state index in [-0.39, 0.29) is 17.7 Å². The lowest BCUT2D eigenvalue weighted by atomic mass is 9.87. The predicted molar refractivity (Wildman–Crippen MR) is 137 cm³/mol. The van der Waals surface area contributed by atoms with Crippen LogP contribution in [0.5, 0.6) is 5.75 Å². The SMILES string of the molecule is COc1ccc2nccc([C@@H](F)CC[C@@H](CCCN3CCCC(C(=O)O)C3)c3cccc(F)c3)c2c1. The van der Waals surface area contributed by atoms with Crippen LogP contribution >= 0.6 is 0 Å². The quantitative estimate of drug-likeness (QED) is 0.327. The van der Waals surface area contributed by atoms with Gasteiger partial charge in [-0.1, -0.05) is 12.1 Å². The Hall–Kier alpha value is -3.06. The standard InChI is InChI=1S/C29H34F2N2O3/c1-36-24-10-12-28-26(18-24)25(13-14-32-28)27(31)11-9-20(21-5-2-8-23(30)17-21)6-3-15-33-16-4-7-22(19-33)29(34)35/h2,5,8,10,12-14,17-18,20,22,27H,3-4,6-7,9,11,15-16,19H2,1H3,(H,34,35)/t20-,22?,27+/m1/s1. The number of alkyl halides is 1. The third-order valence-corrected chi connectivity index (χ3v) is 7.29. The molecule has 2 aromatic carbocycles. The molecular weight excluding hydrogens is 462 g/mol. The van der Waals surface area contributed by atoms with Crippen LogP contribution in [0, 0.1) is 11.7 Å². The molecule has 0 aliphatic carbocycles. The van der Waals surface area contributed by atoms with Crippen molar-refractivity contribution in [1.82, 2.24) is 9.88 Å². The topological polar surface area (TPSA) is 62.7 Å². The van der Waals surface area contributed by atoms with Crippen LogP contribution < -0.4 is 4.74 Å². The van der Waals surface area contributed by atoms with E-state index in [0.29, 0.717) is 30.7 Å². The molecule has 0 saturated carbocycles. The minimum Gasteiger partial charge on any atom is -0.497 e. The molecule has 1 unspecified atom stereocenters. The van der Waals surface area contributed by atoms with Crippen LogP contribution in [0.3, 0.4) is 0 Å². The molecule has 1 saturated heterocycles. The highest BCUT2D eigenvalue weighted by Crippen LogP contribution is 2.35. The summed E-state index contributed by atoms with van der Waals surface area (Å²) in [7, 11) is 1.58. The van der Waals surface area contributed by atoms with E-state index in [2.05, 4.69) is 9.88 Å². The minimum absolute atomic E-state index is 0.0154. The van der Waals surface area contributed by atoms with Crippen LogP contribution in [0.1, 0.15) is 61.7 Å². The van der Waals surface area contributed by atoms with E-state index in [9.17, 15) is 14.3 Å². The molecule has 0 bridgehead atoms. The van der Waals surface area contributed by atoms with Crippen molar-refractivity contribution in [2.75, 3.05) is 26.7 Å². The molecule has 3 atom stereocenters. The normalized spacial score (nSPS) is 18.1. The lowest BCUT2D eigenvalue weighted by Gasteiger charge is -2.31. The highest BCUT2D eigenvalue weighted by atomic mass is 19.1. The number of rotatable bonds is 11. The Kier molecular flexibility index (Phi) is 8.86. The van der Waals surface area contributed by atoms with Gasteiger partial charge < -0.3 is 14.7 Å². The molecule has 0 radical (unpaired) electrons. The van der Waals surface area contributed by atoms with Crippen LogP contribution in [0.15, 0.2) is 54.7 Å². The number of fused-ring (bicyclic) bond motifs is 1. The number of carbonyl (C=O) groups is 1. The van der Waals surface area contributed by atoms with Crippen molar-refractivity contribution in [2.45, 2.75) is 50.6 Å². The van der Waals surface area contributed by atoms with Gasteiger partial charge >= 0.3 is 5.97 Å². The zero-order valence-electron chi connectivity index (χ0n) is 20.7. The number of piperidine rings is 1.